The van der Waals surface area contributed by atoms with E-state index in [1.165, 1.54) is 6.07 Å². The molecule has 3 rings (SSSR count). The molecule has 4 heteroatoms. The maximum Gasteiger partial charge on any atom is 0.343 e. The SMILES string of the molecule is C=Cc1ccc2cc(C(=O)Oc3cc(C)oc(=O)c3)ccc2c1. The summed E-state index contributed by atoms with van der Waals surface area (Å²) in [6.45, 7) is 5.35. The van der Waals surface area contributed by atoms with E-state index in [9.17, 15) is 9.59 Å². The van der Waals surface area contributed by atoms with Crippen molar-refractivity contribution in [1.29, 1.82) is 0 Å². The molecule has 2 aromatic carbocycles. The van der Waals surface area contributed by atoms with Gasteiger partial charge in [-0.3, -0.25) is 0 Å². The third-order valence-corrected chi connectivity index (χ3v) is 3.41. The molecule has 4 nitrogen and oxygen atoms in total. The number of fused-ring (bicyclic) bond motifs is 1. The van der Waals surface area contributed by atoms with Crippen LogP contribution >= 0.6 is 0 Å². The Labute approximate surface area is 132 Å². The Morgan fingerprint density at radius 2 is 1.83 bits per heavy atom. The van der Waals surface area contributed by atoms with E-state index in [1.807, 2.05) is 24.3 Å². The van der Waals surface area contributed by atoms with Crippen molar-refractivity contribution in [2.24, 2.45) is 0 Å². The quantitative estimate of drug-likeness (QED) is 0.687. The van der Waals surface area contributed by atoms with Gasteiger partial charge in [0.25, 0.3) is 0 Å². The van der Waals surface area contributed by atoms with E-state index in [4.69, 9.17) is 9.15 Å². The van der Waals surface area contributed by atoms with Crippen LogP contribution in [0.1, 0.15) is 21.7 Å². The van der Waals surface area contributed by atoms with Gasteiger partial charge >= 0.3 is 11.6 Å². The Hall–Kier alpha value is -3.14. The molecule has 0 atom stereocenters. The van der Waals surface area contributed by atoms with E-state index in [0.717, 1.165) is 22.4 Å². The average molecular weight is 306 g/mol. The molecular weight excluding hydrogens is 292 g/mol. The first-order valence-corrected chi connectivity index (χ1v) is 7.05. The highest BCUT2D eigenvalue weighted by atomic mass is 16.5. The van der Waals surface area contributed by atoms with Crippen LogP contribution in [0.25, 0.3) is 16.8 Å². The van der Waals surface area contributed by atoms with Gasteiger partial charge in [-0.25, -0.2) is 9.59 Å². The zero-order valence-corrected chi connectivity index (χ0v) is 12.5. The van der Waals surface area contributed by atoms with E-state index >= 15 is 0 Å². The van der Waals surface area contributed by atoms with Crippen molar-refractivity contribution >= 4 is 22.8 Å². The number of rotatable bonds is 3. The second kappa shape index (κ2) is 5.93. The molecule has 1 aromatic heterocycles. The van der Waals surface area contributed by atoms with Crippen LogP contribution in [-0.2, 0) is 0 Å². The van der Waals surface area contributed by atoms with Gasteiger partial charge in [0.15, 0.2) is 0 Å². The number of ether oxygens (including phenoxy) is 1. The van der Waals surface area contributed by atoms with Gasteiger partial charge in [0.2, 0.25) is 0 Å². The number of benzene rings is 2. The van der Waals surface area contributed by atoms with Gasteiger partial charge < -0.3 is 9.15 Å². The Kier molecular flexibility index (Phi) is 3.81. The van der Waals surface area contributed by atoms with E-state index in [-0.39, 0.29) is 5.75 Å². The fourth-order valence-corrected chi connectivity index (χ4v) is 2.32. The summed E-state index contributed by atoms with van der Waals surface area (Å²) in [4.78, 5) is 23.5. The first-order valence-electron chi connectivity index (χ1n) is 7.05. The van der Waals surface area contributed by atoms with Crippen LogP contribution in [0.15, 0.2) is 64.3 Å². The van der Waals surface area contributed by atoms with Gasteiger partial charge in [-0.15, -0.1) is 0 Å². The molecule has 0 spiro atoms. The molecule has 0 amide bonds. The summed E-state index contributed by atoms with van der Waals surface area (Å²) in [7, 11) is 0. The molecule has 3 aromatic rings. The normalized spacial score (nSPS) is 10.5. The Morgan fingerprint density at radius 3 is 2.57 bits per heavy atom. The summed E-state index contributed by atoms with van der Waals surface area (Å²) in [6, 6.07) is 13.8. The number of carbonyl (C=O) groups is 1. The monoisotopic (exact) mass is 306 g/mol. The summed E-state index contributed by atoms with van der Waals surface area (Å²) in [5.41, 5.74) is 0.873. The Balaban J connectivity index is 1.91. The highest BCUT2D eigenvalue weighted by Crippen LogP contribution is 2.20. The molecule has 23 heavy (non-hydrogen) atoms. The van der Waals surface area contributed by atoms with Crippen molar-refractivity contribution in [3.63, 3.8) is 0 Å². The van der Waals surface area contributed by atoms with Crippen LogP contribution in [-0.4, -0.2) is 5.97 Å². The fraction of sp³-hybridized carbons (Fsp3) is 0.0526. The molecular formula is C19H14O4. The van der Waals surface area contributed by atoms with Crippen LogP contribution in [0.2, 0.25) is 0 Å². The lowest BCUT2D eigenvalue weighted by atomic mass is 10.0. The minimum Gasteiger partial charge on any atom is -0.428 e. The molecule has 0 N–H and O–H groups in total. The largest absolute Gasteiger partial charge is 0.428 e. The number of hydrogen-bond donors (Lipinski definition) is 0. The zero-order chi connectivity index (χ0) is 16.4. The van der Waals surface area contributed by atoms with E-state index in [1.54, 1.807) is 25.1 Å². The molecule has 0 saturated carbocycles. The Bertz CT molecular complexity index is 967. The average Bonchev–Trinajstić information content (AvgIpc) is 2.52. The van der Waals surface area contributed by atoms with Crippen LogP contribution < -0.4 is 10.4 Å². The van der Waals surface area contributed by atoms with Crippen molar-refractivity contribution in [2.75, 3.05) is 0 Å². The second-order valence-electron chi connectivity index (χ2n) is 5.14. The lowest BCUT2D eigenvalue weighted by molar-refractivity contribution is 0.0734. The molecule has 114 valence electrons. The van der Waals surface area contributed by atoms with Crippen LogP contribution in [0.4, 0.5) is 0 Å². The Morgan fingerprint density at radius 1 is 1.09 bits per heavy atom. The van der Waals surface area contributed by atoms with Crippen LogP contribution in [0.3, 0.4) is 0 Å². The summed E-state index contributed by atoms with van der Waals surface area (Å²) in [5.74, 6) is 0.0336. The van der Waals surface area contributed by atoms with Crippen molar-refractivity contribution in [1.82, 2.24) is 0 Å². The van der Waals surface area contributed by atoms with E-state index < -0.39 is 11.6 Å². The first-order chi connectivity index (χ1) is 11.0. The van der Waals surface area contributed by atoms with Crippen molar-refractivity contribution in [2.45, 2.75) is 6.92 Å². The number of aryl methyl sites for hydroxylation is 1. The van der Waals surface area contributed by atoms with Gasteiger partial charge in [0.05, 0.1) is 11.6 Å². The smallest absolute Gasteiger partial charge is 0.343 e. The van der Waals surface area contributed by atoms with Crippen molar-refractivity contribution < 1.29 is 13.9 Å². The second-order valence-corrected chi connectivity index (χ2v) is 5.14. The van der Waals surface area contributed by atoms with Gasteiger partial charge in [-0.1, -0.05) is 30.9 Å². The maximum atomic E-state index is 12.2. The number of carbonyl (C=O) groups excluding carboxylic acids is 1. The predicted octanol–water partition coefficient (Wildman–Crippen LogP) is 3.96. The highest BCUT2D eigenvalue weighted by molar-refractivity contribution is 5.96. The maximum absolute atomic E-state index is 12.2. The molecule has 0 aliphatic heterocycles. The minimum absolute atomic E-state index is 0.172. The summed E-state index contributed by atoms with van der Waals surface area (Å²) in [5, 5.41) is 1.93. The topological polar surface area (TPSA) is 56.5 Å². The lowest BCUT2D eigenvalue weighted by Crippen LogP contribution is -2.10. The van der Waals surface area contributed by atoms with Crippen LogP contribution in [0, 0.1) is 6.92 Å². The predicted molar refractivity (Wildman–Crippen MR) is 88.7 cm³/mol. The summed E-state index contributed by atoms with van der Waals surface area (Å²) in [6.07, 6.45) is 1.77. The van der Waals surface area contributed by atoms with Gasteiger partial charge in [-0.05, 0) is 41.5 Å². The van der Waals surface area contributed by atoms with Gasteiger partial charge in [0, 0.05) is 6.07 Å². The van der Waals surface area contributed by atoms with E-state index in [2.05, 4.69) is 6.58 Å². The van der Waals surface area contributed by atoms with Gasteiger partial charge in [-0.2, -0.15) is 0 Å². The zero-order valence-electron chi connectivity index (χ0n) is 12.5. The molecule has 0 saturated heterocycles. The van der Waals surface area contributed by atoms with E-state index in [0.29, 0.717) is 11.3 Å². The van der Waals surface area contributed by atoms with Crippen LogP contribution in [0.5, 0.6) is 5.75 Å². The summed E-state index contributed by atoms with van der Waals surface area (Å²) >= 11 is 0. The summed E-state index contributed by atoms with van der Waals surface area (Å²) < 4.78 is 10.1. The molecule has 1 heterocycles. The molecule has 0 aliphatic carbocycles. The first kappa shape index (κ1) is 14.8. The molecule has 0 radical (unpaired) electrons. The van der Waals surface area contributed by atoms with Crippen molar-refractivity contribution in [3.05, 3.63) is 82.4 Å². The lowest BCUT2D eigenvalue weighted by Gasteiger charge is -2.06. The third-order valence-electron chi connectivity index (χ3n) is 3.41. The third kappa shape index (κ3) is 3.21. The highest BCUT2D eigenvalue weighted by Gasteiger charge is 2.11. The molecule has 0 bridgehead atoms. The molecule has 0 unspecified atom stereocenters. The minimum atomic E-state index is -0.553. The molecule has 0 aliphatic rings. The molecule has 0 fully saturated rings. The van der Waals surface area contributed by atoms with Crippen molar-refractivity contribution in [3.8, 4) is 5.75 Å². The number of hydrogen-bond acceptors (Lipinski definition) is 4. The number of esters is 1. The fourth-order valence-electron chi connectivity index (χ4n) is 2.32. The standard InChI is InChI=1S/C19H14O4/c1-3-13-4-5-15-10-16(7-6-14(15)9-13)19(21)23-17-8-12(2)22-18(20)11-17/h3-11H,1H2,2H3. The van der Waals surface area contributed by atoms with Gasteiger partial charge in [0.1, 0.15) is 11.5 Å².